The Balaban J connectivity index is 1.91. The Labute approximate surface area is 207 Å². The molecular weight excluding hydrogens is 470 g/mol. The number of amides is 2. The van der Waals surface area contributed by atoms with Gasteiger partial charge in [-0.05, 0) is 52.3 Å². The van der Waals surface area contributed by atoms with Crippen molar-refractivity contribution in [1.29, 1.82) is 0 Å². The minimum atomic E-state index is -3.83. The van der Waals surface area contributed by atoms with Crippen LogP contribution >= 0.6 is 0 Å². The highest BCUT2D eigenvalue weighted by Gasteiger charge is 2.32. The molecule has 0 saturated carbocycles. The fraction of sp³-hybridized carbons (Fsp3) is 0.440. The topological polar surface area (TPSA) is 105 Å². The summed E-state index contributed by atoms with van der Waals surface area (Å²) in [6.45, 7) is 8.88. The van der Waals surface area contributed by atoms with Crippen molar-refractivity contribution in [2.75, 3.05) is 23.9 Å². The molecule has 9 nitrogen and oxygen atoms in total. The van der Waals surface area contributed by atoms with E-state index in [0.29, 0.717) is 11.5 Å². The van der Waals surface area contributed by atoms with Crippen LogP contribution in [0.5, 0.6) is 11.5 Å². The molecule has 0 fully saturated rings. The summed E-state index contributed by atoms with van der Waals surface area (Å²) in [5, 5.41) is 2.90. The number of nitrogens with zero attached hydrogens (tertiary/aromatic N) is 2. The van der Waals surface area contributed by atoms with Crippen LogP contribution in [0.2, 0.25) is 0 Å². The molecule has 1 aliphatic rings. The van der Waals surface area contributed by atoms with E-state index in [1.807, 2.05) is 52.0 Å². The first kappa shape index (κ1) is 26.3. The van der Waals surface area contributed by atoms with Gasteiger partial charge in [-0.25, -0.2) is 8.42 Å². The normalized spacial score (nSPS) is 13.8. The predicted molar refractivity (Wildman–Crippen MR) is 134 cm³/mol. The van der Waals surface area contributed by atoms with E-state index in [9.17, 15) is 18.0 Å². The van der Waals surface area contributed by atoms with E-state index in [-0.39, 0.29) is 24.9 Å². The van der Waals surface area contributed by atoms with Gasteiger partial charge in [0.2, 0.25) is 28.6 Å². The third kappa shape index (κ3) is 6.88. The molecule has 0 saturated heterocycles. The average molecular weight is 504 g/mol. The van der Waals surface area contributed by atoms with Crippen LogP contribution < -0.4 is 19.1 Å². The lowest BCUT2D eigenvalue weighted by Crippen LogP contribution is -2.54. The number of carbonyl (C=O) groups is 2. The summed E-state index contributed by atoms with van der Waals surface area (Å²) in [5.41, 5.74) is 1.67. The zero-order valence-electron chi connectivity index (χ0n) is 21.0. The van der Waals surface area contributed by atoms with Gasteiger partial charge in [-0.15, -0.1) is 0 Å². The molecule has 190 valence electrons. The molecule has 1 atom stereocenters. The highest BCUT2D eigenvalue weighted by molar-refractivity contribution is 7.92. The molecule has 10 heteroatoms. The predicted octanol–water partition coefficient (Wildman–Crippen LogP) is 2.82. The number of rotatable bonds is 8. The SMILES string of the molecule is Cc1ccc(CN(C(=O)CN(c2ccc3c(c2)OCO3)S(C)(=O)=O)[C@H](C)C(=O)NC(C)(C)C)cc1. The van der Waals surface area contributed by atoms with Crippen LogP contribution in [-0.4, -0.2) is 56.3 Å². The number of carbonyl (C=O) groups excluding carboxylic acids is 2. The zero-order valence-corrected chi connectivity index (χ0v) is 21.8. The van der Waals surface area contributed by atoms with Gasteiger partial charge in [0.15, 0.2) is 11.5 Å². The number of hydrogen-bond acceptors (Lipinski definition) is 6. The first-order valence-corrected chi connectivity index (χ1v) is 13.1. The van der Waals surface area contributed by atoms with Gasteiger partial charge in [0.1, 0.15) is 12.6 Å². The molecule has 35 heavy (non-hydrogen) atoms. The molecular formula is C25H33N3O6S. The Hall–Kier alpha value is -3.27. The Bertz CT molecular complexity index is 1190. The number of hydrogen-bond donors (Lipinski definition) is 1. The van der Waals surface area contributed by atoms with Crippen molar-refractivity contribution in [2.45, 2.75) is 52.7 Å². The maximum absolute atomic E-state index is 13.6. The van der Waals surface area contributed by atoms with Gasteiger partial charge in [0.25, 0.3) is 0 Å². The summed E-state index contributed by atoms with van der Waals surface area (Å²) in [5.74, 6) is 0.0669. The first-order valence-electron chi connectivity index (χ1n) is 11.3. The zero-order chi connectivity index (χ0) is 26.0. The standard InChI is InChI=1S/C25H33N3O6S/c1-17-7-9-19(10-8-17)14-27(18(2)24(30)26-25(3,4)5)23(29)15-28(35(6,31)32)20-11-12-21-22(13-20)34-16-33-21/h7-13,18H,14-16H2,1-6H3,(H,26,30)/t18-/m1/s1. The molecule has 0 radical (unpaired) electrons. The summed E-state index contributed by atoms with van der Waals surface area (Å²) in [7, 11) is -3.83. The van der Waals surface area contributed by atoms with Crippen LogP contribution in [0.15, 0.2) is 42.5 Å². The second-order valence-corrected chi connectivity index (χ2v) is 11.6. The first-order chi connectivity index (χ1) is 16.2. The van der Waals surface area contributed by atoms with E-state index in [4.69, 9.17) is 9.47 Å². The van der Waals surface area contributed by atoms with Gasteiger partial charge >= 0.3 is 0 Å². The fourth-order valence-corrected chi connectivity index (χ4v) is 4.44. The molecule has 3 rings (SSSR count). The third-order valence-electron chi connectivity index (χ3n) is 5.46. The summed E-state index contributed by atoms with van der Waals surface area (Å²) in [6.07, 6.45) is 1.03. The van der Waals surface area contributed by atoms with Gasteiger partial charge in [0, 0.05) is 18.2 Å². The molecule has 1 heterocycles. The highest BCUT2D eigenvalue weighted by atomic mass is 32.2. The third-order valence-corrected chi connectivity index (χ3v) is 6.60. The van der Waals surface area contributed by atoms with Gasteiger partial charge < -0.3 is 19.7 Å². The van der Waals surface area contributed by atoms with Crippen molar-refractivity contribution in [3.05, 3.63) is 53.6 Å². The lowest BCUT2D eigenvalue weighted by Gasteiger charge is -2.33. The van der Waals surface area contributed by atoms with Crippen molar-refractivity contribution >= 4 is 27.5 Å². The van der Waals surface area contributed by atoms with E-state index < -0.39 is 34.1 Å². The maximum atomic E-state index is 13.6. The Kier molecular flexibility index (Phi) is 7.64. The monoisotopic (exact) mass is 503 g/mol. The van der Waals surface area contributed by atoms with Crippen molar-refractivity contribution in [2.24, 2.45) is 0 Å². The molecule has 1 aliphatic heterocycles. The lowest BCUT2D eigenvalue weighted by molar-refractivity contribution is -0.140. The number of ether oxygens (including phenoxy) is 2. The number of anilines is 1. The quantitative estimate of drug-likeness (QED) is 0.594. The Morgan fingerprint density at radius 1 is 1.06 bits per heavy atom. The fourth-order valence-electron chi connectivity index (χ4n) is 3.60. The molecule has 2 aromatic carbocycles. The lowest BCUT2D eigenvalue weighted by atomic mass is 10.1. The second kappa shape index (κ2) is 10.2. The van der Waals surface area contributed by atoms with E-state index in [2.05, 4.69) is 5.32 Å². The van der Waals surface area contributed by atoms with Crippen LogP contribution in [-0.2, 0) is 26.2 Å². The van der Waals surface area contributed by atoms with E-state index in [1.54, 1.807) is 19.1 Å². The summed E-state index contributed by atoms with van der Waals surface area (Å²) < 4.78 is 37.0. The number of aryl methyl sites for hydroxylation is 1. The highest BCUT2D eigenvalue weighted by Crippen LogP contribution is 2.36. The molecule has 0 aromatic heterocycles. The minimum Gasteiger partial charge on any atom is -0.454 e. The van der Waals surface area contributed by atoms with Gasteiger partial charge in [0.05, 0.1) is 11.9 Å². The summed E-state index contributed by atoms with van der Waals surface area (Å²) in [6, 6.07) is 11.5. The number of nitrogens with one attached hydrogen (secondary N) is 1. The van der Waals surface area contributed by atoms with Crippen molar-refractivity contribution in [3.8, 4) is 11.5 Å². The average Bonchev–Trinajstić information content (AvgIpc) is 3.22. The van der Waals surface area contributed by atoms with Crippen LogP contribution in [0.1, 0.15) is 38.8 Å². The van der Waals surface area contributed by atoms with Crippen LogP contribution in [0, 0.1) is 6.92 Å². The van der Waals surface area contributed by atoms with Crippen molar-refractivity contribution in [1.82, 2.24) is 10.2 Å². The van der Waals surface area contributed by atoms with E-state index in [1.165, 1.54) is 11.0 Å². The minimum absolute atomic E-state index is 0.0430. The molecule has 1 N–H and O–H groups in total. The molecule has 0 aliphatic carbocycles. The van der Waals surface area contributed by atoms with Gasteiger partial charge in [-0.1, -0.05) is 29.8 Å². The largest absolute Gasteiger partial charge is 0.454 e. The molecule has 0 unspecified atom stereocenters. The van der Waals surface area contributed by atoms with Gasteiger partial charge in [-0.3, -0.25) is 13.9 Å². The van der Waals surface area contributed by atoms with Crippen LogP contribution in [0.3, 0.4) is 0 Å². The second-order valence-electron chi connectivity index (χ2n) is 9.73. The van der Waals surface area contributed by atoms with Crippen LogP contribution in [0.4, 0.5) is 5.69 Å². The Morgan fingerprint density at radius 2 is 1.69 bits per heavy atom. The van der Waals surface area contributed by atoms with Crippen molar-refractivity contribution < 1.29 is 27.5 Å². The summed E-state index contributed by atoms with van der Waals surface area (Å²) >= 11 is 0. The van der Waals surface area contributed by atoms with Crippen molar-refractivity contribution in [3.63, 3.8) is 0 Å². The Morgan fingerprint density at radius 3 is 2.29 bits per heavy atom. The van der Waals surface area contributed by atoms with Crippen LogP contribution in [0.25, 0.3) is 0 Å². The molecule has 2 amide bonds. The molecule has 2 aromatic rings. The van der Waals surface area contributed by atoms with E-state index >= 15 is 0 Å². The maximum Gasteiger partial charge on any atom is 0.244 e. The molecule has 0 spiro atoms. The molecule has 0 bridgehead atoms. The number of sulfonamides is 1. The summed E-state index contributed by atoms with van der Waals surface area (Å²) in [4.78, 5) is 27.9. The van der Waals surface area contributed by atoms with E-state index in [0.717, 1.165) is 21.7 Å². The number of benzene rings is 2. The smallest absolute Gasteiger partial charge is 0.244 e. The van der Waals surface area contributed by atoms with Gasteiger partial charge in [-0.2, -0.15) is 0 Å². The number of fused-ring (bicyclic) bond motifs is 1.